The van der Waals surface area contributed by atoms with Crippen LogP contribution in [0, 0.1) is 0 Å². The summed E-state index contributed by atoms with van der Waals surface area (Å²) in [5.74, 6) is 3.53. The summed E-state index contributed by atoms with van der Waals surface area (Å²) in [5, 5.41) is 15.7. The van der Waals surface area contributed by atoms with Crippen LogP contribution < -0.4 is 15.4 Å². The number of hydrogen-bond acceptors (Lipinski definition) is 4. The molecule has 0 aliphatic carbocycles. The fraction of sp³-hybridized carbons (Fsp3) is 0.500. The molecule has 140 valence electrons. The number of ether oxygens (including phenoxy) is 1. The zero-order valence-electron chi connectivity index (χ0n) is 15.2. The van der Waals surface area contributed by atoms with E-state index in [4.69, 9.17) is 16.3 Å². The quantitative estimate of drug-likeness (QED) is 0.573. The number of hydrogen-bond donors (Lipinski definition) is 2. The summed E-state index contributed by atoms with van der Waals surface area (Å²) in [6.07, 6.45) is 2.13. The minimum absolute atomic E-state index is 0.0163. The molecule has 0 fully saturated rings. The molecule has 2 heterocycles. The van der Waals surface area contributed by atoms with Gasteiger partial charge in [0.1, 0.15) is 24.2 Å². The van der Waals surface area contributed by atoms with Gasteiger partial charge in [-0.05, 0) is 44.5 Å². The summed E-state index contributed by atoms with van der Waals surface area (Å²) in [6.45, 7) is 6.97. The van der Waals surface area contributed by atoms with Gasteiger partial charge in [0.2, 0.25) is 0 Å². The summed E-state index contributed by atoms with van der Waals surface area (Å²) in [5.41, 5.74) is 0. The first-order valence-corrected chi connectivity index (χ1v) is 9.39. The van der Waals surface area contributed by atoms with Crippen molar-refractivity contribution >= 4 is 17.6 Å². The van der Waals surface area contributed by atoms with Crippen LogP contribution in [0.3, 0.4) is 0 Å². The van der Waals surface area contributed by atoms with Crippen LogP contribution in [-0.2, 0) is 19.5 Å². The average molecular weight is 377 g/mol. The average Bonchev–Trinajstić information content (AvgIpc) is 3.23. The molecule has 7 nitrogen and oxygen atoms in total. The molecule has 0 spiro atoms. The van der Waals surface area contributed by atoms with Gasteiger partial charge in [0, 0.05) is 24.5 Å². The monoisotopic (exact) mass is 376 g/mol. The highest BCUT2D eigenvalue weighted by atomic mass is 35.5. The highest BCUT2D eigenvalue weighted by Gasteiger charge is 2.16. The number of nitrogens with zero attached hydrogens (tertiary/aromatic N) is 4. The Morgan fingerprint density at radius 1 is 1.31 bits per heavy atom. The molecule has 26 heavy (non-hydrogen) atoms. The van der Waals surface area contributed by atoms with Gasteiger partial charge in [0.15, 0.2) is 11.8 Å². The van der Waals surface area contributed by atoms with Gasteiger partial charge in [0.05, 0.1) is 6.54 Å². The van der Waals surface area contributed by atoms with Crippen molar-refractivity contribution in [2.24, 2.45) is 4.99 Å². The maximum atomic E-state index is 5.89. The fourth-order valence-electron chi connectivity index (χ4n) is 2.85. The summed E-state index contributed by atoms with van der Waals surface area (Å²) in [4.78, 5) is 4.62. The van der Waals surface area contributed by atoms with E-state index in [1.54, 1.807) is 0 Å². The van der Waals surface area contributed by atoms with Crippen molar-refractivity contribution in [3.63, 3.8) is 0 Å². The van der Waals surface area contributed by atoms with Crippen LogP contribution in [0.15, 0.2) is 29.3 Å². The molecule has 0 saturated carbocycles. The number of aliphatic imine (C=N–C) groups is 1. The zero-order valence-corrected chi connectivity index (χ0v) is 16.0. The van der Waals surface area contributed by atoms with Crippen molar-refractivity contribution in [3.8, 4) is 5.75 Å². The summed E-state index contributed by atoms with van der Waals surface area (Å²) < 4.78 is 8.04. The van der Waals surface area contributed by atoms with E-state index in [9.17, 15) is 0 Å². The Kier molecular flexibility index (Phi) is 6.33. The predicted molar refractivity (Wildman–Crippen MR) is 103 cm³/mol. The molecule has 1 aliphatic heterocycles. The number of aryl methyl sites for hydroxylation is 1. The van der Waals surface area contributed by atoms with E-state index in [1.807, 2.05) is 38.1 Å². The number of nitrogens with one attached hydrogen (secondary N) is 2. The van der Waals surface area contributed by atoms with Gasteiger partial charge in [-0.2, -0.15) is 0 Å². The second kappa shape index (κ2) is 8.89. The Labute approximate surface area is 158 Å². The van der Waals surface area contributed by atoms with Crippen molar-refractivity contribution in [2.45, 2.75) is 45.9 Å². The van der Waals surface area contributed by atoms with Gasteiger partial charge in [0.25, 0.3) is 0 Å². The molecular weight excluding hydrogens is 352 g/mol. The van der Waals surface area contributed by atoms with E-state index < -0.39 is 0 Å². The van der Waals surface area contributed by atoms with Crippen LogP contribution in [0.25, 0.3) is 0 Å². The summed E-state index contributed by atoms with van der Waals surface area (Å²) in [6, 6.07) is 7.37. The van der Waals surface area contributed by atoms with Crippen LogP contribution >= 0.6 is 11.6 Å². The molecule has 3 rings (SSSR count). The third-order valence-electron chi connectivity index (χ3n) is 4.12. The fourth-order valence-corrected chi connectivity index (χ4v) is 2.97. The van der Waals surface area contributed by atoms with E-state index in [0.717, 1.165) is 49.3 Å². The molecule has 8 heteroatoms. The number of fused-ring (bicyclic) bond motifs is 1. The van der Waals surface area contributed by atoms with Gasteiger partial charge < -0.3 is 19.9 Å². The van der Waals surface area contributed by atoms with E-state index in [-0.39, 0.29) is 6.10 Å². The van der Waals surface area contributed by atoms with Gasteiger partial charge >= 0.3 is 0 Å². The third kappa shape index (κ3) is 4.88. The number of halogens is 1. The lowest BCUT2D eigenvalue weighted by molar-refractivity contribution is 0.224. The summed E-state index contributed by atoms with van der Waals surface area (Å²) in [7, 11) is 0. The second-order valence-electron chi connectivity index (χ2n) is 6.25. The molecule has 0 saturated heterocycles. The van der Waals surface area contributed by atoms with Crippen LogP contribution in [0.4, 0.5) is 0 Å². The lowest BCUT2D eigenvalue weighted by Crippen LogP contribution is -2.41. The van der Waals surface area contributed by atoms with Crippen molar-refractivity contribution in [1.29, 1.82) is 0 Å². The maximum absolute atomic E-state index is 5.89. The molecule has 1 aromatic heterocycles. The number of aromatic nitrogens is 3. The molecule has 1 unspecified atom stereocenters. The topological polar surface area (TPSA) is 76.4 Å². The van der Waals surface area contributed by atoms with Crippen molar-refractivity contribution in [2.75, 3.05) is 13.1 Å². The van der Waals surface area contributed by atoms with Crippen molar-refractivity contribution < 1.29 is 4.74 Å². The standard InChI is InChI=1S/C18H25ClN6O/c1-3-20-18(22-12-17-24-23-16-5-4-10-25(16)17)21-11-13(2)26-15-8-6-14(19)7-9-15/h6-9,13H,3-5,10-12H2,1-2H3,(H2,20,21,22). The highest BCUT2D eigenvalue weighted by Crippen LogP contribution is 2.16. The molecule has 1 aromatic carbocycles. The Morgan fingerprint density at radius 3 is 2.88 bits per heavy atom. The third-order valence-corrected chi connectivity index (χ3v) is 4.37. The maximum Gasteiger partial charge on any atom is 0.191 e. The molecule has 0 radical (unpaired) electrons. The van der Waals surface area contributed by atoms with Crippen LogP contribution in [0.2, 0.25) is 5.02 Å². The Hall–Kier alpha value is -2.28. The van der Waals surface area contributed by atoms with E-state index in [0.29, 0.717) is 18.1 Å². The molecule has 0 amide bonds. The largest absolute Gasteiger partial charge is 0.489 e. The van der Waals surface area contributed by atoms with Crippen molar-refractivity contribution in [1.82, 2.24) is 25.4 Å². The molecule has 0 bridgehead atoms. The predicted octanol–water partition coefficient (Wildman–Crippen LogP) is 2.40. The Balaban J connectivity index is 1.53. The Morgan fingerprint density at radius 2 is 2.12 bits per heavy atom. The van der Waals surface area contributed by atoms with Crippen LogP contribution in [-0.4, -0.2) is 39.9 Å². The minimum atomic E-state index is -0.0163. The molecule has 1 aliphatic rings. The lowest BCUT2D eigenvalue weighted by atomic mass is 10.3. The number of benzene rings is 1. The molecule has 2 N–H and O–H groups in total. The smallest absolute Gasteiger partial charge is 0.191 e. The van der Waals surface area contributed by atoms with Crippen LogP contribution in [0.1, 0.15) is 31.9 Å². The molecule has 1 atom stereocenters. The first-order valence-electron chi connectivity index (χ1n) is 9.01. The second-order valence-corrected chi connectivity index (χ2v) is 6.68. The number of guanidine groups is 1. The minimum Gasteiger partial charge on any atom is -0.489 e. The van der Waals surface area contributed by atoms with Crippen LogP contribution in [0.5, 0.6) is 5.75 Å². The first kappa shape index (κ1) is 18.5. The first-order chi connectivity index (χ1) is 12.7. The van der Waals surface area contributed by atoms with Gasteiger partial charge in [-0.3, -0.25) is 0 Å². The molecule has 2 aromatic rings. The Bertz CT molecular complexity index is 743. The highest BCUT2D eigenvalue weighted by molar-refractivity contribution is 6.30. The van der Waals surface area contributed by atoms with Gasteiger partial charge in [-0.1, -0.05) is 11.6 Å². The SMILES string of the molecule is CCNC(=NCc1nnc2n1CCC2)NCC(C)Oc1ccc(Cl)cc1. The lowest BCUT2D eigenvalue weighted by Gasteiger charge is -2.17. The van der Waals surface area contributed by atoms with Gasteiger partial charge in [-0.15, -0.1) is 10.2 Å². The van der Waals surface area contributed by atoms with E-state index in [1.165, 1.54) is 0 Å². The van der Waals surface area contributed by atoms with E-state index in [2.05, 4.69) is 30.4 Å². The normalized spacial score (nSPS) is 14.8. The zero-order chi connectivity index (χ0) is 18.4. The summed E-state index contributed by atoms with van der Waals surface area (Å²) >= 11 is 5.89. The van der Waals surface area contributed by atoms with Crippen molar-refractivity contribution in [3.05, 3.63) is 40.9 Å². The number of rotatable bonds is 7. The van der Waals surface area contributed by atoms with E-state index >= 15 is 0 Å². The molecular formula is C18H25ClN6O. The van der Waals surface area contributed by atoms with Gasteiger partial charge in [-0.25, -0.2) is 4.99 Å².